The summed E-state index contributed by atoms with van der Waals surface area (Å²) in [4.78, 5) is 30.3. The first kappa shape index (κ1) is 32.7. The summed E-state index contributed by atoms with van der Waals surface area (Å²) in [6, 6.07) is 32.5. The smallest absolute Gasteiger partial charge is 0.228 e. The Labute approximate surface area is 271 Å². The van der Waals surface area contributed by atoms with Gasteiger partial charge in [0, 0.05) is 36.8 Å². The van der Waals surface area contributed by atoms with Gasteiger partial charge in [0.05, 0.1) is 25.5 Å². The van der Waals surface area contributed by atoms with Crippen molar-refractivity contribution in [2.45, 2.75) is 45.4 Å². The van der Waals surface area contributed by atoms with Crippen LogP contribution in [0.25, 0.3) is 0 Å². The first-order chi connectivity index (χ1) is 22.3. The standard InChI is InChI=1S/C38H43N3O5/c1-27-23-41(28(2)26-42)38(44)22-31-21-32(39-37(43)20-29-10-6-4-7-11-29)16-19-35(31)46-36(27)25-40(3)24-30-14-17-34(18-15-30)45-33-12-8-5-9-13-33/h4-19,21,27-28,36,42H,20,22-26H2,1-3H3,(H,39,43)/t27-,28+,36+/m0/s1. The molecule has 1 aliphatic heterocycles. The lowest BCUT2D eigenvalue weighted by atomic mass is 10.0. The molecular formula is C38H43N3O5. The van der Waals surface area contributed by atoms with Crippen LogP contribution >= 0.6 is 0 Å². The zero-order chi connectivity index (χ0) is 32.5. The van der Waals surface area contributed by atoms with Gasteiger partial charge in [-0.3, -0.25) is 14.5 Å². The van der Waals surface area contributed by atoms with Crippen molar-refractivity contribution in [3.8, 4) is 17.2 Å². The minimum Gasteiger partial charge on any atom is -0.488 e. The highest BCUT2D eigenvalue weighted by atomic mass is 16.5. The van der Waals surface area contributed by atoms with Crippen LogP contribution in [-0.2, 0) is 29.0 Å². The molecule has 2 amide bonds. The molecule has 46 heavy (non-hydrogen) atoms. The van der Waals surface area contributed by atoms with Crippen LogP contribution in [0.15, 0.2) is 103 Å². The molecule has 4 aromatic rings. The Morgan fingerprint density at radius 3 is 2.35 bits per heavy atom. The topological polar surface area (TPSA) is 91.3 Å². The number of likely N-dealkylation sites (N-methyl/N-ethyl adjacent to an activating group) is 1. The van der Waals surface area contributed by atoms with Gasteiger partial charge < -0.3 is 24.8 Å². The van der Waals surface area contributed by atoms with Gasteiger partial charge in [0.2, 0.25) is 11.8 Å². The van der Waals surface area contributed by atoms with Crippen molar-refractivity contribution in [1.29, 1.82) is 0 Å². The second-order valence-corrected chi connectivity index (χ2v) is 12.2. The predicted molar refractivity (Wildman–Crippen MR) is 180 cm³/mol. The molecule has 240 valence electrons. The van der Waals surface area contributed by atoms with E-state index in [1.54, 1.807) is 4.90 Å². The number of aliphatic hydroxyl groups excluding tert-OH is 1. The Hall–Kier alpha value is -4.66. The van der Waals surface area contributed by atoms with E-state index >= 15 is 0 Å². The molecule has 0 saturated carbocycles. The lowest BCUT2D eigenvalue weighted by Gasteiger charge is -2.34. The van der Waals surface area contributed by atoms with Gasteiger partial charge >= 0.3 is 0 Å². The molecule has 0 aliphatic carbocycles. The number of rotatable bonds is 11. The van der Waals surface area contributed by atoms with E-state index in [0.29, 0.717) is 36.6 Å². The fraction of sp³-hybridized carbons (Fsp3) is 0.316. The van der Waals surface area contributed by atoms with Crippen LogP contribution in [0.1, 0.15) is 30.5 Å². The molecule has 0 bridgehead atoms. The first-order valence-corrected chi connectivity index (χ1v) is 15.8. The van der Waals surface area contributed by atoms with E-state index in [1.807, 2.05) is 97.9 Å². The third-order valence-corrected chi connectivity index (χ3v) is 8.25. The van der Waals surface area contributed by atoms with Gasteiger partial charge in [-0.05, 0) is 67.6 Å². The average molecular weight is 622 g/mol. The lowest BCUT2D eigenvalue weighted by Crippen LogP contribution is -2.47. The summed E-state index contributed by atoms with van der Waals surface area (Å²) in [6.45, 7) is 5.59. The number of carbonyl (C=O) groups excluding carboxylic acids is 2. The molecule has 3 atom stereocenters. The average Bonchev–Trinajstić information content (AvgIpc) is 3.09. The number of nitrogens with zero attached hydrogens (tertiary/aromatic N) is 2. The van der Waals surface area contributed by atoms with Crippen molar-refractivity contribution in [2.75, 3.05) is 32.1 Å². The SMILES string of the molecule is C[C@H](CO)N1C[C@H](C)[C@@H](CN(C)Cc2ccc(Oc3ccccc3)cc2)Oc2ccc(NC(=O)Cc3ccccc3)cc2CC1=O. The molecule has 0 unspecified atom stereocenters. The van der Waals surface area contributed by atoms with Crippen LogP contribution in [0.2, 0.25) is 0 Å². The zero-order valence-corrected chi connectivity index (χ0v) is 26.8. The van der Waals surface area contributed by atoms with Gasteiger partial charge in [-0.2, -0.15) is 0 Å². The van der Waals surface area contributed by atoms with Crippen LogP contribution in [0.5, 0.6) is 17.2 Å². The number of benzene rings is 4. The summed E-state index contributed by atoms with van der Waals surface area (Å²) in [7, 11) is 2.06. The highest BCUT2D eigenvalue weighted by Gasteiger charge is 2.31. The summed E-state index contributed by atoms with van der Waals surface area (Å²) < 4.78 is 12.6. The van der Waals surface area contributed by atoms with E-state index in [1.165, 1.54) is 0 Å². The molecule has 0 fully saturated rings. The van der Waals surface area contributed by atoms with Crippen molar-refractivity contribution in [3.05, 3.63) is 120 Å². The maximum atomic E-state index is 13.6. The fourth-order valence-corrected chi connectivity index (χ4v) is 5.68. The Bertz CT molecular complexity index is 1580. The molecule has 0 saturated heterocycles. The lowest BCUT2D eigenvalue weighted by molar-refractivity contribution is -0.134. The van der Waals surface area contributed by atoms with Gasteiger partial charge in [0.1, 0.15) is 23.4 Å². The largest absolute Gasteiger partial charge is 0.488 e. The van der Waals surface area contributed by atoms with Crippen molar-refractivity contribution in [3.63, 3.8) is 0 Å². The van der Waals surface area contributed by atoms with Crippen LogP contribution in [0.3, 0.4) is 0 Å². The number of hydrogen-bond acceptors (Lipinski definition) is 6. The molecule has 1 heterocycles. The molecule has 2 N–H and O–H groups in total. The number of fused-ring (bicyclic) bond motifs is 1. The van der Waals surface area contributed by atoms with Gasteiger partial charge in [-0.1, -0.05) is 67.6 Å². The Kier molecular flexibility index (Phi) is 11.1. The zero-order valence-electron chi connectivity index (χ0n) is 26.8. The Morgan fingerprint density at radius 1 is 0.978 bits per heavy atom. The maximum absolute atomic E-state index is 13.6. The van der Waals surface area contributed by atoms with E-state index < -0.39 is 0 Å². The molecule has 1 aliphatic rings. The predicted octanol–water partition coefficient (Wildman–Crippen LogP) is 5.94. The quantitative estimate of drug-likeness (QED) is 0.215. The summed E-state index contributed by atoms with van der Waals surface area (Å²) in [5.41, 5.74) is 3.37. The van der Waals surface area contributed by atoms with E-state index in [2.05, 4.69) is 36.3 Å². The van der Waals surface area contributed by atoms with E-state index in [9.17, 15) is 14.7 Å². The third kappa shape index (κ3) is 8.96. The van der Waals surface area contributed by atoms with Crippen LogP contribution in [0, 0.1) is 5.92 Å². The van der Waals surface area contributed by atoms with Crippen molar-refractivity contribution in [2.24, 2.45) is 5.92 Å². The second-order valence-electron chi connectivity index (χ2n) is 12.2. The van der Waals surface area contributed by atoms with Crippen LogP contribution in [0.4, 0.5) is 5.69 Å². The van der Waals surface area contributed by atoms with Crippen LogP contribution < -0.4 is 14.8 Å². The maximum Gasteiger partial charge on any atom is 0.228 e. The minimum atomic E-state index is -0.333. The molecule has 5 rings (SSSR count). The van der Waals surface area contributed by atoms with Gasteiger partial charge in [0.15, 0.2) is 0 Å². The number of ether oxygens (including phenoxy) is 2. The molecular weight excluding hydrogens is 578 g/mol. The van der Waals surface area contributed by atoms with E-state index in [4.69, 9.17) is 9.47 Å². The third-order valence-electron chi connectivity index (χ3n) is 8.25. The summed E-state index contributed by atoms with van der Waals surface area (Å²) in [5.74, 6) is 1.96. The molecule has 4 aromatic carbocycles. The molecule has 0 aromatic heterocycles. The number of amides is 2. The second kappa shape index (κ2) is 15.6. The van der Waals surface area contributed by atoms with Gasteiger partial charge in [0.25, 0.3) is 0 Å². The number of carbonyl (C=O) groups is 2. The molecule has 0 radical (unpaired) electrons. The Balaban J connectivity index is 1.30. The normalized spacial score (nSPS) is 17.2. The fourth-order valence-electron chi connectivity index (χ4n) is 5.68. The van der Waals surface area contributed by atoms with Gasteiger partial charge in [-0.25, -0.2) is 0 Å². The number of nitrogens with one attached hydrogen (secondary N) is 1. The molecule has 8 heteroatoms. The number of aliphatic hydroxyl groups is 1. The number of anilines is 1. The molecule has 8 nitrogen and oxygen atoms in total. The first-order valence-electron chi connectivity index (χ1n) is 15.8. The van der Waals surface area contributed by atoms with Gasteiger partial charge in [-0.15, -0.1) is 0 Å². The van der Waals surface area contributed by atoms with Crippen LogP contribution in [-0.4, -0.2) is 65.6 Å². The summed E-state index contributed by atoms with van der Waals surface area (Å²) in [6.07, 6.45) is 0.126. The molecule has 0 spiro atoms. The Morgan fingerprint density at radius 2 is 1.65 bits per heavy atom. The van der Waals surface area contributed by atoms with Crippen molar-refractivity contribution < 1.29 is 24.2 Å². The monoisotopic (exact) mass is 621 g/mol. The highest BCUT2D eigenvalue weighted by Crippen LogP contribution is 2.30. The van der Waals surface area contributed by atoms with Crippen molar-refractivity contribution in [1.82, 2.24) is 9.80 Å². The number of para-hydroxylation sites is 1. The van der Waals surface area contributed by atoms with E-state index in [-0.39, 0.29) is 49.3 Å². The van der Waals surface area contributed by atoms with E-state index in [0.717, 1.165) is 22.6 Å². The highest BCUT2D eigenvalue weighted by molar-refractivity contribution is 5.92. The minimum absolute atomic E-state index is 0.0155. The summed E-state index contributed by atoms with van der Waals surface area (Å²) in [5, 5.41) is 12.9. The summed E-state index contributed by atoms with van der Waals surface area (Å²) >= 11 is 0. The van der Waals surface area contributed by atoms with Crippen molar-refractivity contribution >= 4 is 17.5 Å². The number of hydrogen-bond donors (Lipinski definition) is 2.